The second-order valence-corrected chi connectivity index (χ2v) is 2.43. The second-order valence-electron chi connectivity index (χ2n) is 2.43. The van der Waals surface area contributed by atoms with Crippen molar-refractivity contribution in [2.75, 3.05) is 13.1 Å². The molecule has 0 unspecified atom stereocenters. The summed E-state index contributed by atoms with van der Waals surface area (Å²) in [7, 11) is 0. The minimum atomic E-state index is -0.142. The molecule has 0 aliphatic carbocycles. The molecule has 1 saturated heterocycles. The molecule has 0 spiro atoms. The number of carbonyl (C=O) groups is 1. The van der Waals surface area contributed by atoms with Gasteiger partial charge in [-0.15, -0.1) is 12.4 Å². The third-order valence-corrected chi connectivity index (χ3v) is 1.74. The lowest BCUT2D eigenvalue weighted by molar-refractivity contribution is -0.122. The Morgan fingerprint density at radius 2 is 1.82 bits per heavy atom. The first kappa shape index (κ1) is 13.3. The fourth-order valence-corrected chi connectivity index (χ4v) is 1.11. The summed E-state index contributed by atoms with van der Waals surface area (Å²) < 4.78 is 0. The number of nitrogens with one attached hydrogen (secondary N) is 1. The van der Waals surface area contributed by atoms with E-state index in [9.17, 15) is 4.79 Å². The van der Waals surface area contributed by atoms with E-state index in [1.807, 2.05) is 0 Å². The number of halogens is 1. The van der Waals surface area contributed by atoms with Crippen molar-refractivity contribution in [3.63, 3.8) is 0 Å². The highest BCUT2D eigenvalue weighted by atomic mass is 35.5. The van der Waals surface area contributed by atoms with Crippen LogP contribution in [0, 0.1) is 5.92 Å². The Balaban J connectivity index is 0. The van der Waals surface area contributed by atoms with Gasteiger partial charge in [-0.2, -0.15) is 0 Å². The van der Waals surface area contributed by atoms with Gasteiger partial charge in [-0.25, -0.2) is 0 Å². The number of amides is 1. The van der Waals surface area contributed by atoms with Crippen LogP contribution in [0.1, 0.15) is 12.8 Å². The maximum Gasteiger partial charge on any atom is 0.220 e. The zero-order valence-corrected chi connectivity index (χ0v) is 7.12. The molecule has 0 atom stereocenters. The zero-order valence-electron chi connectivity index (χ0n) is 6.30. The normalized spacial score (nSPS) is 17.8. The maximum absolute atomic E-state index is 10.5. The molecule has 0 aromatic heterocycles. The van der Waals surface area contributed by atoms with Crippen molar-refractivity contribution in [3.05, 3.63) is 0 Å². The minimum Gasteiger partial charge on any atom is -0.412 e. The lowest BCUT2D eigenvalue weighted by Crippen LogP contribution is -2.34. The summed E-state index contributed by atoms with van der Waals surface area (Å²) in [5.41, 5.74) is 5.10. The molecule has 0 aromatic rings. The fraction of sp³-hybridized carbons (Fsp3) is 0.833. The second kappa shape index (κ2) is 6.39. The van der Waals surface area contributed by atoms with Crippen molar-refractivity contribution in [1.29, 1.82) is 0 Å². The van der Waals surface area contributed by atoms with Gasteiger partial charge in [-0.3, -0.25) is 4.79 Å². The Kier molecular flexibility index (Phi) is 7.72. The predicted octanol–water partition coefficient (Wildman–Crippen LogP) is -0.932. The molecule has 0 saturated carbocycles. The van der Waals surface area contributed by atoms with Crippen LogP contribution in [0.15, 0.2) is 0 Å². The first-order valence-corrected chi connectivity index (χ1v) is 3.31. The number of hydrogen-bond acceptors (Lipinski definition) is 2. The highest BCUT2D eigenvalue weighted by Crippen LogP contribution is 2.09. The van der Waals surface area contributed by atoms with E-state index in [-0.39, 0.29) is 29.7 Å². The van der Waals surface area contributed by atoms with Gasteiger partial charge in [0.15, 0.2) is 0 Å². The first-order valence-electron chi connectivity index (χ1n) is 3.31. The minimum absolute atomic E-state index is 0. The quantitative estimate of drug-likeness (QED) is 0.549. The lowest BCUT2D eigenvalue weighted by atomic mass is 9.98. The SMILES string of the molecule is Cl.NC(=O)C1CCNCC1.O. The Bertz CT molecular complexity index is 115. The Labute approximate surface area is 72.2 Å². The van der Waals surface area contributed by atoms with E-state index < -0.39 is 0 Å². The smallest absolute Gasteiger partial charge is 0.220 e. The van der Waals surface area contributed by atoms with Gasteiger partial charge in [0, 0.05) is 5.92 Å². The summed E-state index contributed by atoms with van der Waals surface area (Å²) in [6.45, 7) is 1.88. The highest BCUT2D eigenvalue weighted by molar-refractivity contribution is 5.85. The van der Waals surface area contributed by atoms with Gasteiger partial charge in [0.2, 0.25) is 5.91 Å². The van der Waals surface area contributed by atoms with E-state index >= 15 is 0 Å². The molecular formula is C6H15ClN2O2. The van der Waals surface area contributed by atoms with Crippen molar-refractivity contribution < 1.29 is 10.3 Å². The van der Waals surface area contributed by atoms with Crippen molar-refractivity contribution in [2.24, 2.45) is 11.7 Å². The first-order chi connectivity index (χ1) is 4.30. The molecule has 1 aliphatic rings. The third kappa shape index (κ3) is 4.19. The molecule has 1 fully saturated rings. The zero-order chi connectivity index (χ0) is 6.69. The van der Waals surface area contributed by atoms with Crippen LogP contribution in [0.2, 0.25) is 0 Å². The summed E-state index contributed by atoms with van der Waals surface area (Å²) >= 11 is 0. The van der Waals surface area contributed by atoms with E-state index in [0.29, 0.717) is 0 Å². The third-order valence-electron chi connectivity index (χ3n) is 1.74. The fourth-order valence-electron chi connectivity index (χ4n) is 1.11. The molecule has 5 N–H and O–H groups in total. The van der Waals surface area contributed by atoms with Gasteiger partial charge >= 0.3 is 0 Å². The molecule has 0 radical (unpaired) electrons. The van der Waals surface area contributed by atoms with E-state index in [1.54, 1.807) is 0 Å². The molecule has 68 valence electrons. The average Bonchev–Trinajstić information content (AvgIpc) is 1.90. The van der Waals surface area contributed by atoms with Crippen LogP contribution in [0.25, 0.3) is 0 Å². The predicted molar refractivity (Wildman–Crippen MR) is 45.6 cm³/mol. The Morgan fingerprint density at radius 3 is 2.09 bits per heavy atom. The van der Waals surface area contributed by atoms with Gasteiger partial charge in [0.05, 0.1) is 0 Å². The van der Waals surface area contributed by atoms with E-state index in [4.69, 9.17) is 5.73 Å². The largest absolute Gasteiger partial charge is 0.412 e. The highest BCUT2D eigenvalue weighted by Gasteiger charge is 2.17. The van der Waals surface area contributed by atoms with E-state index in [2.05, 4.69) is 5.32 Å². The number of hydrogen-bond donors (Lipinski definition) is 2. The van der Waals surface area contributed by atoms with Crippen LogP contribution in [0.3, 0.4) is 0 Å². The number of nitrogens with two attached hydrogens (primary N) is 1. The standard InChI is InChI=1S/C6H12N2O.ClH.H2O/c7-6(9)5-1-3-8-4-2-5;;/h5,8H,1-4H2,(H2,7,9);1H;1H2. The summed E-state index contributed by atoms with van der Waals surface area (Å²) in [6.07, 6.45) is 1.82. The Hall–Kier alpha value is -0.320. The molecule has 1 rings (SSSR count). The topological polar surface area (TPSA) is 86.6 Å². The number of piperidine rings is 1. The average molecular weight is 183 g/mol. The van der Waals surface area contributed by atoms with Crippen LogP contribution in [0.4, 0.5) is 0 Å². The summed E-state index contributed by atoms with van der Waals surface area (Å²) in [5.74, 6) is -0.0113. The van der Waals surface area contributed by atoms with Gasteiger partial charge in [0.1, 0.15) is 0 Å². The van der Waals surface area contributed by atoms with Gasteiger partial charge in [-0.1, -0.05) is 0 Å². The van der Waals surface area contributed by atoms with Crippen molar-refractivity contribution in [3.8, 4) is 0 Å². The molecule has 0 aromatic carbocycles. The number of rotatable bonds is 1. The maximum atomic E-state index is 10.5. The van der Waals surface area contributed by atoms with Crippen LogP contribution >= 0.6 is 12.4 Å². The van der Waals surface area contributed by atoms with Crippen LogP contribution in [-0.2, 0) is 4.79 Å². The number of primary amides is 1. The van der Waals surface area contributed by atoms with Crippen molar-refractivity contribution >= 4 is 18.3 Å². The molecular weight excluding hydrogens is 168 g/mol. The molecule has 11 heavy (non-hydrogen) atoms. The van der Waals surface area contributed by atoms with Crippen molar-refractivity contribution in [2.45, 2.75) is 12.8 Å². The monoisotopic (exact) mass is 182 g/mol. The summed E-state index contributed by atoms with van der Waals surface area (Å²) in [6, 6.07) is 0. The molecule has 5 heteroatoms. The lowest BCUT2D eigenvalue weighted by Gasteiger charge is -2.18. The summed E-state index contributed by atoms with van der Waals surface area (Å²) in [4.78, 5) is 10.5. The molecule has 4 nitrogen and oxygen atoms in total. The molecule has 1 heterocycles. The Morgan fingerprint density at radius 1 is 1.36 bits per heavy atom. The molecule has 1 aliphatic heterocycles. The van der Waals surface area contributed by atoms with Crippen LogP contribution in [-0.4, -0.2) is 24.5 Å². The van der Waals surface area contributed by atoms with Crippen molar-refractivity contribution in [1.82, 2.24) is 5.32 Å². The van der Waals surface area contributed by atoms with Crippen LogP contribution in [0.5, 0.6) is 0 Å². The van der Waals surface area contributed by atoms with E-state index in [0.717, 1.165) is 25.9 Å². The van der Waals surface area contributed by atoms with Gasteiger partial charge < -0.3 is 16.5 Å². The number of carbonyl (C=O) groups excluding carboxylic acids is 1. The van der Waals surface area contributed by atoms with E-state index in [1.165, 1.54) is 0 Å². The van der Waals surface area contributed by atoms with Gasteiger partial charge in [0.25, 0.3) is 0 Å². The molecule has 0 bridgehead atoms. The van der Waals surface area contributed by atoms with Gasteiger partial charge in [-0.05, 0) is 25.9 Å². The molecule has 1 amide bonds. The van der Waals surface area contributed by atoms with Crippen LogP contribution < -0.4 is 11.1 Å². The summed E-state index contributed by atoms with van der Waals surface area (Å²) in [5, 5.41) is 3.16.